The third-order valence-corrected chi connectivity index (χ3v) is 6.06. The average Bonchev–Trinajstić information content (AvgIpc) is 3.32. The molecule has 1 aromatic heterocycles. The molecule has 0 spiro atoms. The zero-order valence-electron chi connectivity index (χ0n) is 16.6. The number of hydrogen-bond donors (Lipinski definition) is 1. The molecular weight excluding hydrogens is 356 g/mol. The first kappa shape index (κ1) is 18.9. The van der Waals surface area contributed by atoms with Crippen LogP contribution in [0.1, 0.15) is 49.6 Å². The monoisotopic (exact) mass is 384 g/mol. The molecule has 1 aliphatic heterocycles. The molecule has 2 aromatic rings. The van der Waals surface area contributed by atoms with Crippen LogP contribution in [0.25, 0.3) is 11.0 Å². The highest BCUT2D eigenvalue weighted by Gasteiger charge is 2.48. The van der Waals surface area contributed by atoms with Crippen molar-refractivity contribution in [2.45, 2.75) is 57.2 Å². The predicted molar refractivity (Wildman–Crippen MR) is 106 cm³/mol. The van der Waals surface area contributed by atoms with E-state index in [9.17, 15) is 9.59 Å². The number of rotatable bonds is 6. The predicted octanol–water partition coefficient (Wildman–Crippen LogP) is 2.35. The van der Waals surface area contributed by atoms with Gasteiger partial charge in [-0.3, -0.25) is 9.59 Å². The van der Waals surface area contributed by atoms with Crippen LogP contribution in [0.2, 0.25) is 0 Å². The maximum absolute atomic E-state index is 13.4. The Bertz CT molecular complexity index is 887. The van der Waals surface area contributed by atoms with Crippen LogP contribution in [0.4, 0.5) is 0 Å². The Morgan fingerprint density at radius 1 is 1.32 bits per heavy atom. The van der Waals surface area contributed by atoms with Gasteiger partial charge < -0.3 is 19.5 Å². The highest BCUT2D eigenvalue weighted by Crippen LogP contribution is 2.31. The molecule has 1 atom stereocenters. The zero-order valence-corrected chi connectivity index (χ0v) is 16.6. The number of imidazole rings is 1. The van der Waals surface area contributed by atoms with Crippen molar-refractivity contribution in [3.8, 4) is 0 Å². The van der Waals surface area contributed by atoms with Gasteiger partial charge >= 0.3 is 0 Å². The number of para-hydroxylation sites is 2. The van der Waals surface area contributed by atoms with E-state index in [1.165, 1.54) is 0 Å². The van der Waals surface area contributed by atoms with Gasteiger partial charge in [-0.05, 0) is 38.3 Å². The Labute approximate surface area is 165 Å². The van der Waals surface area contributed by atoms with E-state index >= 15 is 0 Å². The summed E-state index contributed by atoms with van der Waals surface area (Å²) in [6, 6.07) is 7.91. The van der Waals surface area contributed by atoms with E-state index in [4.69, 9.17) is 4.74 Å². The molecule has 0 bridgehead atoms. The van der Waals surface area contributed by atoms with Gasteiger partial charge in [0.1, 0.15) is 5.54 Å². The molecule has 1 aromatic carbocycles. The summed E-state index contributed by atoms with van der Waals surface area (Å²) in [5, 5.41) is 3.20. The second-order valence-electron chi connectivity index (χ2n) is 8.04. The fraction of sp³-hybridized carbons (Fsp3) is 0.571. The van der Waals surface area contributed by atoms with Crippen molar-refractivity contribution < 1.29 is 14.3 Å². The van der Waals surface area contributed by atoms with Crippen LogP contribution in [0, 0.1) is 0 Å². The average molecular weight is 384 g/mol. The quantitative estimate of drug-likeness (QED) is 0.776. The molecule has 1 N–H and O–H groups in total. The normalized spacial score (nSPS) is 22.6. The number of nitrogens with zero attached hydrogens (tertiary/aromatic N) is 3. The van der Waals surface area contributed by atoms with Crippen LogP contribution in [0.15, 0.2) is 24.3 Å². The Morgan fingerprint density at radius 3 is 2.82 bits per heavy atom. The lowest BCUT2D eigenvalue weighted by molar-refractivity contribution is -0.133. The Hall–Kier alpha value is -2.41. The Kier molecular flexibility index (Phi) is 5.10. The molecule has 28 heavy (non-hydrogen) atoms. The van der Waals surface area contributed by atoms with Crippen LogP contribution in [0.3, 0.4) is 0 Å². The summed E-state index contributed by atoms with van der Waals surface area (Å²) < 4.78 is 7.06. The third-order valence-electron chi connectivity index (χ3n) is 6.06. The van der Waals surface area contributed by atoms with Gasteiger partial charge in [-0.2, -0.15) is 0 Å². The van der Waals surface area contributed by atoms with Crippen LogP contribution < -0.4 is 5.32 Å². The van der Waals surface area contributed by atoms with Crippen molar-refractivity contribution in [3.63, 3.8) is 0 Å². The molecule has 0 saturated heterocycles. The molecule has 7 heteroatoms. The molecule has 7 nitrogen and oxygen atoms in total. The molecule has 2 aliphatic rings. The summed E-state index contributed by atoms with van der Waals surface area (Å²) in [6.07, 6.45) is 5.00. The minimum Gasteiger partial charge on any atom is -0.385 e. The van der Waals surface area contributed by atoms with E-state index in [0.29, 0.717) is 31.9 Å². The van der Waals surface area contributed by atoms with Crippen molar-refractivity contribution in [1.82, 2.24) is 19.8 Å². The molecule has 1 fully saturated rings. The number of carbonyl (C=O) groups excluding carboxylic acids is 2. The molecular formula is C21H28N4O3. The summed E-state index contributed by atoms with van der Waals surface area (Å²) in [4.78, 5) is 33.0. The first-order valence-corrected chi connectivity index (χ1v) is 10.1. The molecule has 2 amide bonds. The van der Waals surface area contributed by atoms with E-state index in [2.05, 4.69) is 10.3 Å². The molecule has 2 heterocycles. The lowest BCUT2D eigenvalue weighted by Crippen LogP contribution is -2.65. The number of hydrogen-bond acceptors (Lipinski definition) is 4. The van der Waals surface area contributed by atoms with Gasteiger partial charge in [0.2, 0.25) is 5.91 Å². The van der Waals surface area contributed by atoms with E-state index < -0.39 is 5.54 Å². The summed E-state index contributed by atoms with van der Waals surface area (Å²) in [6.45, 7) is 3.28. The Balaban J connectivity index is 1.70. The van der Waals surface area contributed by atoms with E-state index in [1.807, 2.05) is 35.8 Å². The molecule has 150 valence electrons. The van der Waals surface area contributed by atoms with Gasteiger partial charge in [0.05, 0.1) is 17.6 Å². The van der Waals surface area contributed by atoms with Crippen molar-refractivity contribution in [2.24, 2.45) is 0 Å². The van der Waals surface area contributed by atoms with Gasteiger partial charge in [0.15, 0.2) is 5.82 Å². The zero-order chi connectivity index (χ0) is 19.7. The Morgan fingerprint density at radius 2 is 2.07 bits per heavy atom. The van der Waals surface area contributed by atoms with Crippen LogP contribution in [-0.2, 0) is 16.1 Å². The van der Waals surface area contributed by atoms with Crippen LogP contribution >= 0.6 is 0 Å². The van der Waals surface area contributed by atoms with Crippen molar-refractivity contribution in [2.75, 3.05) is 20.3 Å². The summed E-state index contributed by atoms with van der Waals surface area (Å²) >= 11 is 0. The highest BCUT2D eigenvalue weighted by atomic mass is 16.5. The summed E-state index contributed by atoms with van der Waals surface area (Å²) in [5.41, 5.74) is 0.717. The van der Waals surface area contributed by atoms with Crippen molar-refractivity contribution in [1.29, 1.82) is 0 Å². The molecule has 0 unspecified atom stereocenters. The SMILES string of the molecule is COCCCN1C(=O)c2nc3ccccc3n2C[C@]1(C)C(=O)NC1CCCC1. The van der Waals surface area contributed by atoms with E-state index in [0.717, 1.165) is 36.7 Å². The topological polar surface area (TPSA) is 76.5 Å². The fourth-order valence-corrected chi connectivity index (χ4v) is 4.46. The second kappa shape index (κ2) is 7.54. The fourth-order valence-electron chi connectivity index (χ4n) is 4.46. The van der Waals surface area contributed by atoms with E-state index in [1.54, 1.807) is 12.0 Å². The molecule has 4 rings (SSSR count). The lowest BCUT2D eigenvalue weighted by Gasteiger charge is -2.44. The van der Waals surface area contributed by atoms with E-state index in [-0.39, 0.29) is 17.9 Å². The summed E-state index contributed by atoms with van der Waals surface area (Å²) in [5.74, 6) is 0.140. The number of aromatic nitrogens is 2. The number of amides is 2. The number of fused-ring (bicyclic) bond motifs is 3. The minimum absolute atomic E-state index is 0.0754. The van der Waals surface area contributed by atoms with Crippen LogP contribution in [0.5, 0.6) is 0 Å². The molecule has 1 aliphatic carbocycles. The minimum atomic E-state index is -0.954. The largest absolute Gasteiger partial charge is 0.385 e. The third kappa shape index (κ3) is 3.17. The number of benzene rings is 1. The summed E-state index contributed by atoms with van der Waals surface area (Å²) in [7, 11) is 1.64. The molecule has 1 saturated carbocycles. The van der Waals surface area contributed by atoms with Crippen molar-refractivity contribution in [3.05, 3.63) is 30.1 Å². The second-order valence-corrected chi connectivity index (χ2v) is 8.04. The smallest absolute Gasteiger partial charge is 0.290 e. The highest BCUT2D eigenvalue weighted by molar-refractivity contribution is 6.01. The maximum atomic E-state index is 13.4. The number of methoxy groups -OCH3 is 1. The number of carbonyl (C=O) groups is 2. The standard InChI is InChI=1S/C21H28N4O3/c1-21(20(27)22-15-8-3-4-9-15)14-24-17-11-6-5-10-16(17)23-18(24)19(26)25(21)12-7-13-28-2/h5-6,10-11,15H,3-4,7-9,12-14H2,1-2H3,(H,22,27)/t21-/m1/s1. The first-order chi connectivity index (χ1) is 13.5. The van der Waals surface area contributed by atoms with Gasteiger partial charge in [0.25, 0.3) is 5.91 Å². The lowest BCUT2D eigenvalue weighted by atomic mass is 9.94. The van der Waals surface area contributed by atoms with Gasteiger partial charge in [-0.15, -0.1) is 0 Å². The van der Waals surface area contributed by atoms with Crippen LogP contribution in [-0.4, -0.2) is 58.1 Å². The molecule has 0 radical (unpaired) electrons. The van der Waals surface area contributed by atoms with Gasteiger partial charge in [-0.25, -0.2) is 4.98 Å². The van der Waals surface area contributed by atoms with Gasteiger partial charge in [-0.1, -0.05) is 25.0 Å². The number of ether oxygens (including phenoxy) is 1. The van der Waals surface area contributed by atoms with Crippen molar-refractivity contribution >= 4 is 22.8 Å². The van der Waals surface area contributed by atoms with Gasteiger partial charge in [0, 0.05) is 26.3 Å². The number of nitrogens with one attached hydrogen (secondary N) is 1. The maximum Gasteiger partial charge on any atom is 0.290 e. The first-order valence-electron chi connectivity index (χ1n) is 10.1.